The lowest BCUT2D eigenvalue weighted by atomic mass is 9.95. The molecular weight excluding hydrogens is 314 g/mol. The first-order valence-electron chi connectivity index (χ1n) is 7.81. The van der Waals surface area contributed by atoms with Crippen LogP contribution in [0.1, 0.15) is 52.0 Å². The third kappa shape index (κ3) is 2.02. The monoisotopic (exact) mass is 333 g/mol. The molecule has 2 nitrogen and oxygen atoms in total. The van der Waals surface area contributed by atoms with E-state index in [2.05, 4.69) is 39.4 Å². The van der Waals surface area contributed by atoms with Gasteiger partial charge in [0.25, 0.3) is 5.91 Å². The van der Waals surface area contributed by atoms with Crippen LogP contribution < -0.4 is 5.32 Å². The van der Waals surface area contributed by atoms with Gasteiger partial charge in [-0.15, -0.1) is 0 Å². The van der Waals surface area contributed by atoms with E-state index in [0.29, 0.717) is 4.83 Å². The van der Waals surface area contributed by atoms with Gasteiger partial charge in [0.2, 0.25) is 0 Å². The van der Waals surface area contributed by atoms with Crippen molar-refractivity contribution in [3.63, 3.8) is 0 Å². The SMILES string of the molecule is O=C1NCCc2ccc(C(Br)C3C4CCCCC43)cc21. The summed E-state index contributed by atoms with van der Waals surface area (Å²) in [5.74, 6) is 2.75. The van der Waals surface area contributed by atoms with E-state index in [-0.39, 0.29) is 5.91 Å². The van der Waals surface area contributed by atoms with Gasteiger partial charge in [-0.25, -0.2) is 0 Å². The van der Waals surface area contributed by atoms with Crippen molar-refractivity contribution in [1.29, 1.82) is 0 Å². The van der Waals surface area contributed by atoms with Crippen molar-refractivity contribution in [3.05, 3.63) is 34.9 Å². The molecule has 1 aromatic carbocycles. The zero-order chi connectivity index (χ0) is 13.7. The number of carbonyl (C=O) groups excluding carboxylic acids is 1. The van der Waals surface area contributed by atoms with Crippen molar-refractivity contribution in [2.75, 3.05) is 6.54 Å². The second-order valence-corrected chi connectivity index (χ2v) is 7.50. The zero-order valence-corrected chi connectivity index (χ0v) is 13.2. The number of alkyl halides is 1. The number of nitrogens with one attached hydrogen (secondary N) is 1. The highest BCUT2D eigenvalue weighted by atomic mass is 79.9. The van der Waals surface area contributed by atoms with Gasteiger partial charge in [0.15, 0.2) is 0 Å². The van der Waals surface area contributed by atoms with Crippen LogP contribution in [0.4, 0.5) is 0 Å². The quantitative estimate of drug-likeness (QED) is 0.818. The number of rotatable bonds is 2. The fraction of sp³-hybridized carbons (Fsp3) is 0.588. The van der Waals surface area contributed by atoms with Crippen molar-refractivity contribution < 1.29 is 4.79 Å². The Bertz CT molecular complexity index is 544. The van der Waals surface area contributed by atoms with E-state index in [9.17, 15) is 4.79 Å². The molecule has 2 aliphatic carbocycles. The molecule has 4 rings (SSSR count). The summed E-state index contributed by atoms with van der Waals surface area (Å²) in [5, 5.41) is 2.94. The van der Waals surface area contributed by atoms with E-state index >= 15 is 0 Å². The first-order valence-corrected chi connectivity index (χ1v) is 8.72. The molecule has 0 saturated heterocycles. The van der Waals surface area contributed by atoms with Gasteiger partial charge in [0, 0.05) is 16.9 Å². The van der Waals surface area contributed by atoms with Crippen molar-refractivity contribution in [3.8, 4) is 0 Å². The average Bonchev–Trinajstić information content (AvgIpc) is 3.21. The van der Waals surface area contributed by atoms with Crippen LogP contribution in [0.5, 0.6) is 0 Å². The van der Waals surface area contributed by atoms with E-state index in [1.165, 1.54) is 36.8 Å². The molecule has 3 aliphatic rings. The number of amides is 1. The first kappa shape index (κ1) is 12.9. The minimum Gasteiger partial charge on any atom is -0.352 e. The van der Waals surface area contributed by atoms with Gasteiger partial charge in [0.1, 0.15) is 0 Å². The molecule has 3 unspecified atom stereocenters. The van der Waals surface area contributed by atoms with E-state index in [1.54, 1.807) is 0 Å². The fourth-order valence-electron chi connectivity index (χ4n) is 4.30. The minimum atomic E-state index is 0.0982. The Morgan fingerprint density at radius 2 is 1.95 bits per heavy atom. The van der Waals surface area contributed by atoms with Gasteiger partial charge in [-0.3, -0.25) is 4.79 Å². The highest BCUT2D eigenvalue weighted by Gasteiger charge is 2.53. The third-order valence-electron chi connectivity index (χ3n) is 5.44. The normalized spacial score (nSPS) is 32.9. The lowest BCUT2D eigenvalue weighted by molar-refractivity contribution is 0.0946. The van der Waals surface area contributed by atoms with Gasteiger partial charge >= 0.3 is 0 Å². The molecule has 0 radical (unpaired) electrons. The van der Waals surface area contributed by atoms with Crippen LogP contribution in [0.25, 0.3) is 0 Å². The summed E-state index contributed by atoms with van der Waals surface area (Å²) < 4.78 is 0. The van der Waals surface area contributed by atoms with E-state index in [4.69, 9.17) is 0 Å². The summed E-state index contributed by atoms with van der Waals surface area (Å²) >= 11 is 3.92. The van der Waals surface area contributed by atoms with E-state index in [1.807, 2.05) is 0 Å². The molecule has 0 bridgehead atoms. The molecule has 1 heterocycles. The predicted molar refractivity (Wildman–Crippen MR) is 83.1 cm³/mol. The smallest absolute Gasteiger partial charge is 0.251 e. The van der Waals surface area contributed by atoms with Crippen LogP contribution in [0.2, 0.25) is 0 Å². The van der Waals surface area contributed by atoms with Gasteiger partial charge in [0.05, 0.1) is 0 Å². The van der Waals surface area contributed by atoms with Crippen molar-refractivity contribution in [2.45, 2.75) is 36.9 Å². The molecule has 3 heteroatoms. The summed E-state index contributed by atoms with van der Waals surface area (Å²) in [7, 11) is 0. The first-order chi connectivity index (χ1) is 9.75. The minimum absolute atomic E-state index is 0.0982. The number of hydrogen-bond donors (Lipinski definition) is 1. The van der Waals surface area contributed by atoms with Crippen molar-refractivity contribution in [2.24, 2.45) is 17.8 Å². The van der Waals surface area contributed by atoms with Crippen molar-refractivity contribution in [1.82, 2.24) is 5.32 Å². The van der Waals surface area contributed by atoms with Gasteiger partial charge < -0.3 is 5.32 Å². The molecule has 106 valence electrons. The van der Waals surface area contributed by atoms with Gasteiger partial charge in [-0.2, -0.15) is 0 Å². The van der Waals surface area contributed by atoms with Crippen LogP contribution in [-0.2, 0) is 6.42 Å². The highest BCUT2D eigenvalue weighted by molar-refractivity contribution is 9.09. The maximum absolute atomic E-state index is 12.0. The molecule has 2 fully saturated rings. The molecule has 1 aliphatic heterocycles. The maximum atomic E-state index is 12.0. The lowest BCUT2D eigenvalue weighted by Gasteiger charge is -2.19. The average molecular weight is 334 g/mol. The lowest BCUT2D eigenvalue weighted by Crippen LogP contribution is -2.31. The molecule has 1 amide bonds. The Hall–Kier alpha value is -0.830. The molecule has 20 heavy (non-hydrogen) atoms. The Morgan fingerprint density at radius 1 is 1.20 bits per heavy atom. The third-order valence-corrected chi connectivity index (χ3v) is 6.58. The summed E-state index contributed by atoms with van der Waals surface area (Å²) in [6, 6.07) is 6.50. The summed E-state index contributed by atoms with van der Waals surface area (Å²) in [4.78, 5) is 12.4. The van der Waals surface area contributed by atoms with Crippen LogP contribution in [0.15, 0.2) is 18.2 Å². The summed E-state index contributed by atoms with van der Waals surface area (Å²) in [6.07, 6.45) is 6.59. The number of fused-ring (bicyclic) bond motifs is 2. The fourth-order valence-corrected chi connectivity index (χ4v) is 5.37. The molecule has 1 N–H and O–H groups in total. The van der Waals surface area contributed by atoms with Crippen LogP contribution in [-0.4, -0.2) is 12.5 Å². The second-order valence-electron chi connectivity index (χ2n) is 6.51. The molecule has 2 saturated carbocycles. The number of benzene rings is 1. The zero-order valence-electron chi connectivity index (χ0n) is 11.6. The van der Waals surface area contributed by atoms with Crippen LogP contribution >= 0.6 is 15.9 Å². The molecule has 3 atom stereocenters. The molecular formula is C17H20BrNO. The largest absolute Gasteiger partial charge is 0.352 e. The van der Waals surface area contributed by atoms with E-state index in [0.717, 1.165) is 36.3 Å². The number of carbonyl (C=O) groups is 1. The topological polar surface area (TPSA) is 29.1 Å². The summed E-state index contributed by atoms with van der Waals surface area (Å²) in [6.45, 7) is 0.774. The molecule has 0 spiro atoms. The molecule has 1 aromatic rings. The maximum Gasteiger partial charge on any atom is 0.251 e. The Labute approximate surface area is 128 Å². The van der Waals surface area contributed by atoms with Crippen molar-refractivity contribution >= 4 is 21.8 Å². The highest BCUT2D eigenvalue weighted by Crippen LogP contribution is 2.62. The Kier molecular flexibility index (Phi) is 3.13. The second kappa shape index (κ2) is 4.87. The number of hydrogen-bond acceptors (Lipinski definition) is 1. The Morgan fingerprint density at radius 3 is 2.70 bits per heavy atom. The summed E-state index contributed by atoms with van der Waals surface area (Å²) in [5.41, 5.74) is 3.38. The number of halogens is 1. The van der Waals surface area contributed by atoms with Crippen LogP contribution in [0.3, 0.4) is 0 Å². The van der Waals surface area contributed by atoms with Gasteiger partial charge in [-0.1, -0.05) is 40.9 Å². The Balaban J connectivity index is 1.59. The molecule has 0 aromatic heterocycles. The van der Waals surface area contributed by atoms with E-state index < -0.39 is 0 Å². The van der Waals surface area contributed by atoms with Gasteiger partial charge in [-0.05, 0) is 54.2 Å². The van der Waals surface area contributed by atoms with Crippen LogP contribution in [0, 0.1) is 17.8 Å². The standard InChI is InChI=1S/C17H20BrNO/c18-16(15-12-3-1-2-4-13(12)15)11-6-5-10-7-8-19-17(20)14(10)9-11/h5-6,9,12-13,15-16H,1-4,7-8H2,(H,19,20). The predicted octanol–water partition coefficient (Wildman–Crippen LogP) is 3.84.